The third-order valence-corrected chi connectivity index (χ3v) is 4.77. The van der Waals surface area contributed by atoms with Crippen molar-refractivity contribution >= 4 is 16.0 Å². The van der Waals surface area contributed by atoms with Crippen LogP contribution in [-0.4, -0.2) is 52.6 Å². The van der Waals surface area contributed by atoms with Crippen molar-refractivity contribution in [3.8, 4) is 0 Å². The first-order chi connectivity index (χ1) is 11.1. The lowest BCUT2D eigenvalue weighted by Gasteiger charge is -2.22. The number of carbonyl (C=O) groups excluding carboxylic acids is 1. The highest BCUT2D eigenvalue weighted by Gasteiger charge is 2.23. The fraction of sp³-hybridized carbons (Fsp3) is 0.588. The minimum absolute atomic E-state index is 0.00398. The highest BCUT2D eigenvalue weighted by molar-refractivity contribution is 7.89. The lowest BCUT2D eigenvalue weighted by Crippen LogP contribution is -2.43. The Bertz CT molecular complexity index is 624. The Labute approximate surface area is 145 Å². The van der Waals surface area contributed by atoms with E-state index in [-0.39, 0.29) is 17.2 Å². The Kier molecular flexibility index (Phi) is 7.86. The quantitative estimate of drug-likeness (QED) is 0.683. The molecule has 0 heterocycles. The molecule has 0 aromatic heterocycles. The van der Waals surface area contributed by atoms with E-state index < -0.39 is 22.0 Å². The predicted molar refractivity (Wildman–Crippen MR) is 94.3 cm³/mol. The van der Waals surface area contributed by atoms with Crippen LogP contribution in [0.2, 0.25) is 0 Å². The van der Waals surface area contributed by atoms with Crippen molar-refractivity contribution < 1.29 is 17.9 Å². The van der Waals surface area contributed by atoms with Gasteiger partial charge in [-0.3, -0.25) is 4.79 Å². The van der Waals surface area contributed by atoms with E-state index in [0.717, 1.165) is 5.56 Å². The molecule has 0 amide bonds. The summed E-state index contributed by atoms with van der Waals surface area (Å²) in [5.41, 5.74) is 0.982. The third-order valence-electron chi connectivity index (χ3n) is 3.23. The molecule has 0 aliphatic rings. The summed E-state index contributed by atoms with van der Waals surface area (Å²) in [6.45, 7) is 6.53. The zero-order valence-corrected chi connectivity index (χ0v) is 15.9. The molecule has 1 atom stereocenters. The van der Waals surface area contributed by atoms with Gasteiger partial charge in [0.15, 0.2) is 0 Å². The summed E-state index contributed by atoms with van der Waals surface area (Å²) in [6, 6.07) is 6.05. The van der Waals surface area contributed by atoms with Gasteiger partial charge in [-0.25, -0.2) is 13.1 Å². The monoisotopic (exact) mass is 356 g/mol. The number of rotatable bonds is 9. The Hall–Kier alpha value is -1.44. The number of benzene rings is 1. The Morgan fingerprint density at radius 3 is 2.29 bits per heavy atom. The number of hydrogen-bond donors (Lipinski definition) is 1. The molecule has 1 aromatic rings. The van der Waals surface area contributed by atoms with Gasteiger partial charge in [0.2, 0.25) is 10.0 Å². The van der Waals surface area contributed by atoms with Crippen LogP contribution in [0.1, 0.15) is 25.8 Å². The fourth-order valence-corrected chi connectivity index (χ4v) is 3.34. The molecule has 0 saturated heterocycles. The number of sulfonamides is 1. The smallest absolute Gasteiger partial charge is 0.307 e. The van der Waals surface area contributed by atoms with Crippen LogP contribution in [0.3, 0.4) is 0 Å². The van der Waals surface area contributed by atoms with Gasteiger partial charge in [-0.15, -0.1) is 0 Å². The van der Waals surface area contributed by atoms with E-state index in [1.807, 2.05) is 39.8 Å². The van der Waals surface area contributed by atoms with E-state index in [2.05, 4.69) is 4.72 Å². The minimum atomic E-state index is -3.68. The summed E-state index contributed by atoms with van der Waals surface area (Å²) >= 11 is 0. The van der Waals surface area contributed by atoms with Crippen molar-refractivity contribution in [2.45, 2.75) is 38.1 Å². The van der Waals surface area contributed by atoms with Crippen LogP contribution in [0.4, 0.5) is 0 Å². The normalized spacial score (nSPS) is 13.3. The highest BCUT2D eigenvalue weighted by atomic mass is 32.2. The van der Waals surface area contributed by atoms with Crippen LogP contribution in [0.25, 0.3) is 0 Å². The van der Waals surface area contributed by atoms with Gasteiger partial charge in [0.05, 0.1) is 17.9 Å². The van der Waals surface area contributed by atoms with Crippen molar-refractivity contribution in [3.63, 3.8) is 0 Å². The molecule has 0 spiro atoms. The molecule has 0 unspecified atom stereocenters. The molecule has 7 heteroatoms. The number of nitrogens with one attached hydrogen (secondary N) is 1. The zero-order chi connectivity index (χ0) is 18.3. The van der Waals surface area contributed by atoms with Gasteiger partial charge >= 0.3 is 5.97 Å². The number of nitrogens with zero attached hydrogens (tertiary/aromatic N) is 1. The maximum atomic E-state index is 12.5. The zero-order valence-electron chi connectivity index (χ0n) is 15.1. The molecular formula is C17H28N2O4S. The highest BCUT2D eigenvalue weighted by Crippen LogP contribution is 2.12. The molecule has 0 bridgehead atoms. The molecule has 1 rings (SSSR count). The van der Waals surface area contributed by atoms with E-state index >= 15 is 0 Å². The summed E-state index contributed by atoms with van der Waals surface area (Å²) in [5, 5.41) is 0. The molecule has 0 saturated carbocycles. The van der Waals surface area contributed by atoms with Gasteiger partial charge in [0, 0.05) is 12.6 Å². The second kappa shape index (κ2) is 9.15. The standard InChI is InChI=1S/C17H28N2O4S/c1-13(2)12-23-17(20)10-15(11-19(4)5)18-24(21,22)16-8-6-14(3)7-9-16/h6-9,13,15,18H,10-12H2,1-5H3/t15-/m1/s1. The van der Waals surface area contributed by atoms with Crippen molar-refractivity contribution in [2.75, 3.05) is 27.2 Å². The molecule has 0 aliphatic carbocycles. The topological polar surface area (TPSA) is 75.7 Å². The lowest BCUT2D eigenvalue weighted by atomic mass is 10.2. The van der Waals surface area contributed by atoms with Crippen LogP contribution in [-0.2, 0) is 19.6 Å². The van der Waals surface area contributed by atoms with E-state index in [1.165, 1.54) is 0 Å². The van der Waals surface area contributed by atoms with E-state index in [1.54, 1.807) is 24.3 Å². The van der Waals surface area contributed by atoms with Crippen molar-refractivity contribution in [1.29, 1.82) is 0 Å². The Balaban J connectivity index is 2.80. The van der Waals surface area contributed by atoms with E-state index in [0.29, 0.717) is 13.2 Å². The molecule has 6 nitrogen and oxygen atoms in total. The first-order valence-electron chi connectivity index (χ1n) is 7.99. The maximum Gasteiger partial charge on any atom is 0.307 e. The molecule has 136 valence electrons. The second-order valence-corrected chi connectivity index (χ2v) is 8.39. The number of hydrogen-bond acceptors (Lipinski definition) is 5. The number of aryl methyl sites for hydroxylation is 1. The molecule has 1 aromatic carbocycles. The van der Waals surface area contributed by atoms with E-state index in [4.69, 9.17) is 4.74 Å². The SMILES string of the molecule is Cc1ccc(S(=O)(=O)N[C@H](CC(=O)OCC(C)C)CN(C)C)cc1. The van der Waals surface area contributed by atoms with Crippen LogP contribution < -0.4 is 4.72 Å². The van der Waals surface area contributed by atoms with Gasteiger partial charge in [-0.05, 0) is 39.1 Å². The van der Waals surface area contributed by atoms with Crippen LogP contribution in [0.15, 0.2) is 29.2 Å². The number of likely N-dealkylation sites (N-methyl/N-ethyl adjacent to an activating group) is 1. The lowest BCUT2D eigenvalue weighted by molar-refractivity contribution is -0.145. The van der Waals surface area contributed by atoms with Crippen molar-refractivity contribution in [2.24, 2.45) is 5.92 Å². The van der Waals surface area contributed by atoms with Crippen LogP contribution in [0, 0.1) is 12.8 Å². The van der Waals surface area contributed by atoms with Gasteiger partial charge in [0.1, 0.15) is 0 Å². The summed E-state index contributed by atoms with van der Waals surface area (Å²) in [4.78, 5) is 13.9. The molecule has 24 heavy (non-hydrogen) atoms. The summed E-state index contributed by atoms with van der Waals surface area (Å²) in [6.07, 6.45) is -0.00398. The number of esters is 1. The summed E-state index contributed by atoms with van der Waals surface area (Å²) < 4.78 is 32.8. The molecule has 0 fully saturated rings. The summed E-state index contributed by atoms with van der Waals surface area (Å²) in [7, 11) is -0.0312. The van der Waals surface area contributed by atoms with Gasteiger partial charge in [0.25, 0.3) is 0 Å². The minimum Gasteiger partial charge on any atom is -0.465 e. The largest absolute Gasteiger partial charge is 0.465 e. The van der Waals surface area contributed by atoms with Crippen LogP contribution >= 0.6 is 0 Å². The predicted octanol–water partition coefficient (Wildman–Crippen LogP) is 1.79. The van der Waals surface area contributed by atoms with Crippen molar-refractivity contribution in [1.82, 2.24) is 9.62 Å². The third kappa shape index (κ3) is 7.42. The average molecular weight is 356 g/mol. The Morgan fingerprint density at radius 2 is 1.79 bits per heavy atom. The molecule has 0 aliphatic heterocycles. The Morgan fingerprint density at radius 1 is 1.21 bits per heavy atom. The van der Waals surface area contributed by atoms with Gasteiger partial charge in [-0.1, -0.05) is 31.5 Å². The van der Waals surface area contributed by atoms with Crippen molar-refractivity contribution in [3.05, 3.63) is 29.8 Å². The van der Waals surface area contributed by atoms with E-state index in [9.17, 15) is 13.2 Å². The van der Waals surface area contributed by atoms with Crippen LogP contribution in [0.5, 0.6) is 0 Å². The van der Waals surface area contributed by atoms with Gasteiger partial charge in [-0.2, -0.15) is 0 Å². The fourth-order valence-electron chi connectivity index (χ4n) is 2.11. The molecular weight excluding hydrogens is 328 g/mol. The van der Waals surface area contributed by atoms with Gasteiger partial charge < -0.3 is 9.64 Å². The first kappa shape index (κ1) is 20.6. The second-order valence-electron chi connectivity index (χ2n) is 6.67. The maximum absolute atomic E-state index is 12.5. The first-order valence-corrected chi connectivity index (χ1v) is 9.48. The number of carbonyl (C=O) groups is 1. The number of ether oxygens (including phenoxy) is 1. The molecule has 0 radical (unpaired) electrons. The molecule has 1 N–H and O–H groups in total. The summed E-state index contributed by atoms with van der Waals surface area (Å²) in [5.74, 6) is -0.160. The average Bonchev–Trinajstić information content (AvgIpc) is 2.44.